The van der Waals surface area contributed by atoms with Gasteiger partial charge in [-0.15, -0.1) is 0 Å². The maximum absolute atomic E-state index is 12.0. The molecule has 1 aliphatic carbocycles. The van der Waals surface area contributed by atoms with Crippen LogP contribution >= 0.6 is 0 Å². The monoisotopic (exact) mass is 269 g/mol. The number of nitrogens with one attached hydrogen (secondary N) is 1. The van der Waals surface area contributed by atoms with Gasteiger partial charge >= 0.3 is 0 Å². The van der Waals surface area contributed by atoms with Crippen molar-refractivity contribution in [2.75, 3.05) is 20.6 Å². The smallest absolute Gasteiger partial charge is 0.236 e. The molecule has 0 unspecified atom stereocenters. The largest absolute Gasteiger partial charge is 0.353 e. The molecule has 1 atom stereocenters. The fraction of sp³-hybridized carbons (Fsp3) is 0.933. The Morgan fingerprint density at radius 1 is 1.32 bits per heavy atom. The summed E-state index contributed by atoms with van der Waals surface area (Å²) in [6, 6.07) is -0.345. The highest BCUT2D eigenvalue weighted by Gasteiger charge is 2.34. The summed E-state index contributed by atoms with van der Waals surface area (Å²) in [7, 11) is 4.24. The van der Waals surface area contributed by atoms with Crippen LogP contribution in [-0.4, -0.2) is 43.0 Å². The normalized spacial score (nSPS) is 20.3. The second kappa shape index (κ2) is 7.85. The van der Waals surface area contributed by atoms with Gasteiger partial charge in [0.1, 0.15) is 0 Å². The van der Waals surface area contributed by atoms with E-state index in [0.29, 0.717) is 0 Å². The summed E-state index contributed by atoms with van der Waals surface area (Å²) < 4.78 is 0. The maximum atomic E-state index is 12.0. The lowest BCUT2D eigenvalue weighted by Crippen LogP contribution is -2.55. The quantitative estimate of drug-likeness (QED) is 0.742. The van der Waals surface area contributed by atoms with Crippen LogP contribution in [0.3, 0.4) is 0 Å². The Hall–Kier alpha value is -0.610. The van der Waals surface area contributed by atoms with Crippen LogP contribution < -0.4 is 11.1 Å². The highest BCUT2D eigenvalue weighted by Crippen LogP contribution is 2.31. The average molecular weight is 269 g/mol. The van der Waals surface area contributed by atoms with Gasteiger partial charge in [-0.2, -0.15) is 0 Å². The Morgan fingerprint density at radius 2 is 1.95 bits per heavy atom. The number of likely N-dealkylation sites (N-methyl/N-ethyl adjacent to an activating group) is 1. The molecule has 0 aromatic rings. The molecular formula is C15H31N3O. The van der Waals surface area contributed by atoms with Crippen LogP contribution in [0.15, 0.2) is 0 Å². The van der Waals surface area contributed by atoms with Gasteiger partial charge in [0.25, 0.3) is 0 Å². The van der Waals surface area contributed by atoms with Gasteiger partial charge in [-0.1, -0.05) is 39.0 Å². The van der Waals surface area contributed by atoms with E-state index in [1.165, 1.54) is 32.1 Å². The molecule has 0 heterocycles. The van der Waals surface area contributed by atoms with Crippen molar-refractivity contribution in [3.63, 3.8) is 0 Å². The minimum Gasteiger partial charge on any atom is -0.353 e. The van der Waals surface area contributed by atoms with E-state index in [0.717, 1.165) is 25.8 Å². The molecule has 0 saturated heterocycles. The van der Waals surface area contributed by atoms with Gasteiger partial charge in [0, 0.05) is 12.1 Å². The Morgan fingerprint density at radius 3 is 2.47 bits per heavy atom. The van der Waals surface area contributed by atoms with E-state index in [2.05, 4.69) is 31.2 Å². The van der Waals surface area contributed by atoms with Gasteiger partial charge < -0.3 is 16.0 Å². The Labute approximate surface area is 118 Å². The first-order chi connectivity index (χ1) is 9.02. The Bertz CT molecular complexity index is 273. The summed E-state index contributed by atoms with van der Waals surface area (Å²) in [6.45, 7) is 2.85. The fourth-order valence-corrected chi connectivity index (χ4v) is 2.93. The molecular weight excluding hydrogens is 238 g/mol. The zero-order valence-electron chi connectivity index (χ0n) is 12.9. The molecule has 0 radical (unpaired) electrons. The third-order valence-electron chi connectivity index (χ3n) is 4.53. The first-order valence-corrected chi connectivity index (χ1v) is 7.72. The first-order valence-electron chi connectivity index (χ1n) is 7.72. The number of amides is 1. The van der Waals surface area contributed by atoms with Gasteiger partial charge in [-0.3, -0.25) is 4.79 Å². The predicted molar refractivity (Wildman–Crippen MR) is 80.0 cm³/mol. The van der Waals surface area contributed by atoms with E-state index in [4.69, 9.17) is 5.73 Å². The summed E-state index contributed by atoms with van der Waals surface area (Å²) in [5, 5.41) is 3.08. The number of unbranched alkanes of at least 4 members (excludes halogenated alkanes) is 1. The molecule has 4 nitrogen and oxygen atoms in total. The summed E-state index contributed by atoms with van der Waals surface area (Å²) in [5.74, 6) is 0.0141. The van der Waals surface area contributed by atoms with Gasteiger partial charge in [-0.25, -0.2) is 0 Å². The van der Waals surface area contributed by atoms with Gasteiger partial charge in [-0.05, 0) is 33.4 Å². The second-order valence-corrected chi connectivity index (χ2v) is 6.15. The number of hydrogen-bond donors (Lipinski definition) is 2. The van der Waals surface area contributed by atoms with Crippen LogP contribution in [0.4, 0.5) is 0 Å². The predicted octanol–water partition coefficient (Wildman–Crippen LogP) is 1.88. The molecule has 1 fully saturated rings. The highest BCUT2D eigenvalue weighted by atomic mass is 16.2. The standard InChI is InChI=1S/C15H31N3O/c1-4-5-9-13(16)14(19)17-12-15(18(2)3)10-7-6-8-11-15/h13H,4-12,16H2,1-3H3,(H,17,19)/t13-/m0/s1. The number of rotatable bonds is 7. The van der Waals surface area contributed by atoms with Crippen molar-refractivity contribution in [1.82, 2.24) is 10.2 Å². The van der Waals surface area contributed by atoms with Crippen molar-refractivity contribution in [2.45, 2.75) is 69.9 Å². The number of nitrogens with zero attached hydrogens (tertiary/aromatic N) is 1. The first kappa shape index (κ1) is 16.4. The van der Waals surface area contributed by atoms with Crippen molar-refractivity contribution in [3.8, 4) is 0 Å². The molecule has 19 heavy (non-hydrogen) atoms. The molecule has 3 N–H and O–H groups in total. The number of carbonyl (C=O) groups is 1. The van der Waals surface area contributed by atoms with E-state index in [1.54, 1.807) is 0 Å². The molecule has 0 aliphatic heterocycles. The highest BCUT2D eigenvalue weighted by molar-refractivity contribution is 5.81. The third kappa shape index (κ3) is 4.77. The fourth-order valence-electron chi connectivity index (χ4n) is 2.93. The Balaban J connectivity index is 2.45. The molecule has 0 aromatic heterocycles. The topological polar surface area (TPSA) is 58.4 Å². The van der Waals surface area contributed by atoms with Gasteiger partial charge in [0.05, 0.1) is 6.04 Å². The maximum Gasteiger partial charge on any atom is 0.236 e. The van der Waals surface area contributed by atoms with Crippen molar-refractivity contribution in [2.24, 2.45) is 5.73 Å². The van der Waals surface area contributed by atoms with Crippen LogP contribution in [0.2, 0.25) is 0 Å². The van der Waals surface area contributed by atoms with Crippen LogP contribution in [0.25, 0.3) is 0 Å². The summed E-state index contributed by atoms with van der Waals surface area (Å²) >= 11 is 0. The minimum absolute atomic E-state index is 0.0141. The number of hydrogen-bond acceptors (Lipinski definition) is 3. The van der Waals surface area contributed by atoms with Crippen molar-refractivity contribution < 1.29 is 4.79 Å². The van der Waals surface area contributed by atoms with E-state index < -0.39 is 0 Å². The molecule has 1 rings (SSSR count). The second-order valence-electron chi connectivity index (χ2n) is 6.15. The van der Waals surface area contributed by atoms with Crippen LogP contribution in [0, 0.1) is 0 Å². The zero-order chi connectivity index (χ0) is 14.3. The lowest BCUT2D eigenvalue weighted by atomic mass is 9.80. The van der Waals surface area contributed by atoms with Crippen molar-refractivity contribution in [3.05, 3.63) is 0 Å². The van der Waals surface area contributed by atoms with Crippen LogP contribution in [-0.2, 0) is 4.79 Å². The van der Waals surface area contributed by atoms with Crippen LogP contribution in [0.1, 0.15) is 58.3 Å². The third-order valence-corrected chi connectivity index (χ3v) is 4.53. The molecule has 0 bridgehead atoms. The lowest BCUT2D eigenvalue weighted by Gasteiger charge is -2.43. The molecule has 1 aliphatic rings. The lowest BCUT2D eigenvalue weighted by molar-refractivity contribution is -0.123. The van der Waals surface area contributed by atoms with E-state index >= 15 is 0 Å². The van der Waals surface area contributed by atoms with Gasteiger partial charge in [0.15, 0.2) is 0 Å². The van der Waals surface area contributed by atoms with E-state index in [9.17, 15) is 4.79 Å². The summed E-state index contributed by atoms with van der Waals surface area (Å²) in [5.41, 5.74) is 6.05. The molecule has 0 aromatic carbocycles. The van der Waals surface area contributed by atoms with E-state index in [-0.39, 0.29) is 17.5 Å². The molecule has 1 amide bonds. The van der Waals surface area contributed by atoms with Crippen LogP contribution in [0.5, 0.6) is 0 Å². The molecule has 1 saturated carbocycles. The molecule has 112 valence electrons. The Kier molecular flexibility index (Phi) is 6.80. The SMILES string of the molecule is CCCC[C@H](N)C(=O)NCC1(N(C)C)CCCCC1. The molecule has 4 heteroatoms. The minimum atomic E-state index is -0.345. The summed E-state index contributed by atoms with van der Waals surface area (Å²) in [6.07, 6.45) is 9.08. The van der Waals surface area contributed by atoms with Gasteiger partial charge in [0.2, 0.25) is 5.91 Å². The zero-order valence-corrected chi connectivity index (χ0v) is 12.9. The number of carbonyl (C=O) groups excluding carboxylic acids is 1. The summed E-state index contributed by atoms with van der Waals surface area (Å²) in [4.78, 5) is 14.3. The average Bonchev–Trinajstić information content (AvgIpc) is 2.42. The van der Waals surface area contributed by atoms with E-state index in [1.807, 2.05) is 0 Å². The van der Waals surface area contributed by atoms with Crippen molar-refractivity contribution >= 4 is 5.91 Å². The molecule has 0 spiro atoms. The van der Waals surface area contributed by atoms with Crippen molar-refractivity contribution in [1.29, 1.82) is 0 Å². The number of nitrogens with two attached hydrogens (primary N) is 1.